The van der Waals surface area contributed by atoms with Crippen LogP contribution < -0.4 is 10.6 Å². The third-order valence-corrected chi connectivity index (χ3v) is 2.56. The van der Waals surface area contributed by atoms with Gasteiger partial charge in [-0.1, -0.05) is 0 Å². The summed E-state index contributed by atoms with van der Waals surface area (Å²) in [6, 6.07) is -1.91. The number of rotatable bonds is 4. The first kappa shape index (κ1) is 17.0. The van der Waals surface area contributed by atoms with Crippen LogP contribution in [-0.4, -0.2) is 64.7 Å². The molecule has 2 unspecified atom stereocenters. The lowest BCUT2D eigenvalue weighted by Crippen LogP contribution is -2.65. The van der Waals surface area contributed by atoms with E-state index in [0.717, 1.165) is 0 Å². The van der Waals surface area contributed by atoms with Crippen LogP contribution in [0.1, 0.15) is 0 Å². The van der Waals surface area contributed by atoms with Crippen LogP contribution in [0, 0.1) is 0 Å². The first-order valence-corrected chi connectivity index (χ1v) is 5.17. The first-order chi connectivity index (χ1) is 9.18. The molecule has 1 fully saturated rings. The maximum absolute atomic E-state index is 12.0. The van der Waals surface area contributed by atoms with E-state index in [2.05, 4.69) is 14.7 Å². The highest BCUT2D eigenvalue weighted by molar-refractivity contribution is 5.82. The molecule has 0 saturated carbocycles. The molecule has 9 nitrogen and oxygen atoms in total. The van der Waals surface area contributed by atoms with E-state index in [1.165, 1.54) is 5.32 Å². The second-order valence-electron chi connectivity index (χ2n) is 3.90. The molecule has 0 spiro atoms. The summed E-state index contributed by atoms with van der Waals surface area (Å²) in [6.07, 6.45) is -12.5. The van der Waals surface area contributed by atoms with Crippen molar-refractivity contribution in [2.24, 2.45) is 0 Å². The summed E-state index contributed by atoms with van der Waals surface area (Å²) in [5.41, 5.74) is 0. The molecule has 0 bridgehead atoms. The summed E-state index contributed by atoms with van der Waals surface area (Å²) in [4.78, 5) is 14.6. The second-order valence-corrected chi connectivity index (χ2v) is 3.90. The Morgan fingerprint density at radius 1 is 1.30 bits per heavy atom. The lowest BCUT2D eigenvalue weighted by atomic mass is 9.97. The number of carbonyl (C=O) groups excluding carboxylic acids is 1. The van der Waals surface area contributed by atoms with E-state index >= 15 is 0 Å². The predicted octanol–water partition coefficient (Wildman–Crippen LogP) is -3.30. The third-order valence-electron chi connectivity index (χ3n) is 2.56. The molecule has 1 heterocycles. The first-order valence-electron chi connectivity index (χ1n) is 5.17. The average molecular weight is 306 g/mol. The molecular formula is C8H11F3NO8-. The van der Waals surface area contributed by atoms with E-state index in [1.807, 2.05) is 0 Å². The number of alkyl halides is 3. The number of hydrogen-bond acceptors (Lipinski definition) is 8. The molecule has 0 aromatic heterocycles. The van der Waals surface area contributed by atoms with Gasteiger partial charge >= 0.3 is 12.1 Å². The molecule has 20 heavy (non-hydrogen) atoms. The van der Waals surface area contributed by atoms with Gasteiger partial charge in [0, 0.05) is 0 Å². The van der Waals surface area contributed by atoms with Crippen LogP contribution in [0.4, 0.5) is 13.2 Å². The predicted molar refractivity (Wildman–Crippen MR) is 47.9 cm³/mol. The van der Waals surface area contributed by atoms with Crippen LogP contribution in [-0.2, 0) is 19.5 Å². The van der Waals surface area contributed by atoms with Crippen molar-refractivity contribution in [2.75, 3.05) is 6.61 Å². The number of amides is 1. The van der Waals surface area contributed by atoms with Crippen LogP contribution in [0.15, 0.2) is 0 Å². The maximum Gasteiger partial charge on any atom is 0.471 e. The number of hydrogen-bond donors (Lipinski definition) is 4. The Balaban J connectivity index is 2.69. The van der Waals surface area contributed by atoms with Gasteiger partial charge in [-0.3, -0.25) is 9.83 Å². The van der Waals surface area contributed by atoms with Crippen LogP contribution in [0.2, 0.25) is 0 Å². The Bertz CT molecular complexity index is 340. The molecule has 1 aliphatic rings. The molecule has 0 aromatic rings. The van der Waals surface area contributed by atoms with Crippen molar-refractivity contribution < 1.29 is 53.2 Å². The van der Waals surface area contributed by atoms with Crippen molar-refractivity contribution in [1.82, 2.24) is 5.32 Å². The molecule has 1 aliphatic heterocycles. The maximum atomic E-state index is 12.0. The minimum atomic E-state index is -5.24. The van der Waals surface area contributed by atoms with Gasteiger partial charge in [0.1, 0.15) is 31.0 Å². The van der Waals surface area contributed by atoms with Crippen LogP contribution in [0.25, 0.3) is 0 Å². The summed E-state index contributed by atoms with van der Waals surface area (Å²) in [7, 11) is 0. The zero-order valence-corrected chi connectivity index (χ0v) is 9.61. The number of halogens is 3. The molecule has 0 aliphatic carbocycles. The lowest BCUT2D eigenvalue weighted by molar-refractivity contribution is -0.801. The standard InChI is InChI=1S/C8H12F3NO8/c9-8(10,11)7(16)12-3-5(14)4(13)2(1-18-20-17)19-6(3)15/h2-6,13-15,17H,1H2,(H,12,16)/p-1/t2?,3?,4-,5-,6-/m1/s1. The van der Waals surface area contributed by atoms with Gasteiger partial charge in [-0.15, -0.1) is 0 Å². The second kappa shape index (κ2) is 6.62. The zero-order chi connectivity index (χ0) is 15.5. The summed E-state index contributed by atoms with van der Waals surface area (Å²) in [6.45, 7) is -0.696. The fourth-order valence-corrected chi connectivity index (χ4v) is 1.57. The molecular weight excluding hydrogens is 295 g/mol. The van der Waals surface area contributed by atoms with Crippen molar-refractivity contribution in [2.45, 2.75) is 36.8 Å². The Morgan fingerprint density at radius 3 is 2.40 bits per heavy atom. The Labute approximate surface area is 109 Å². The fraction of sp³-hybridized carbons (Fsp3) is 0.875. The fourth-order valence-electron chi connectivity index (χ4n) is 1.57. The molecule has 0 radical (unpaired) electrons. The SMILES string of the molecule is O=C(NC1[C@H](O)OC(COO[O-])[C@@H](O)[C@@H]1O)C(F)(F)F. The smallest absolute Gasteiger partial charge is 0.471 e. The summed E-state index contributed by atoms with van der Waals surface area (Å²) in [5.74, 6) is -2.42. The molecule has 4 N–H and O–H groups in total. The monoisotopic (exact) mass is 306 g/mol. The summed E-state index contributed by atoms with van der Waals surface area (Å²) in [5, 5.41) is 42.3. The van der Waals surface area contributed by atoms with Crippen molar-refractivity contribution >= 4 is 5.91 Å². The van der Waals surface area contributed by atoms with Crippen molar-refractivity contribution in [3.63, 3.8) is 0 Å². The van der Waals surface area contributed by atoms with Gasteiger partial charge in [0.05, 0.1) is 0 Å². The van der Waals surface area contributed by atoms with Gasteiger partial charge in [0.15, 0.2) is 6.29 Å². The molecule has 1 amide bonds. The van der Waals surface area contributed by atoms with E-state index < -0.39 is 49.3 Å². The molecule has 1 saturated heterocycles. The topological polar surface area (TPSA) is 141 Å². The van der Waals surface area contributed by atoms with Gasteiger partial charge in [0.2, 0.25) is 0 Å². The number of nitrogens with one attached hydrogen (secondary N) is 1. The highest BCUT2D eigenvalue weighted by Gasteiger charge is 2.48. The van der Waals surface area contributed by atoms with Gasteiger partial charge < -0.3 is 30.6 Å². The Hall–Kier alpha value is -1.02. The van der Waals surface area contributed by atoms with Gasteiger partial charge in [-0.25, -0.2) is 4.89 Å². The van der Waals surface area contributed by atoms with Gasteiger partial charge in [-0.2, -0.15) is 13.2 Å². The molecule has 118 valence electrons. The number of ether oxygens (including phenoxy) is 1. The van der Waals surface area contributed by atoms with Crippen LogP contribution in [0.3, 0.4) is 0 Å². The zero-order valence-electron chi connectivity index (χ0n) is 9.61. The van der Waals surface area contributed by atoms with E-state index in [-0.39, 0.29) is 0 Å². The summed E-state index contributed by atoms with van der Waals surface area (Å²) >= 11 is 0. The van der Waals surface area contributed by atoms with Crippen molar-refractivity contribution in [3.8, 4) is 0 Å². The van der Waals surface area contributed by atoms with Gasteiger partial charge in [0.25, 0.3) is 0 Å². The number of aliphatic hydroxyl groups is 3. The third kappa shape index (κ3) is 3.99. The number of aliphatic hydroxyl groups excluding tert-OH is 3. The van der Waals surface area contributed by atoms with Crippen LogP contribution in [0.5, 0.6) is 0 Å². The van der Waals surface area contributed by atoms with E-state index in [4.69, 9.17) is 0 Å². The Kier molecular flexibility index (Phi) is 5.64. The Morgan fingerprint density at radius 2 is 1.90 bits per heavy atom. The molecule has 0 aromatic carbocycles. The number of carbonyl (C=O) groups is 1. The minimum Gasteiger partial charge on any atom is -0.692 e. The summed E-state index contributed by atoms with van der Waals surface area (Å²) < 4.78 is 40.8. The highest BCUT2D eigenvalue weighted by Crippen LogP contribution is 2.22. The molecule has 12 heteroatoms. The minimum absolute atomic E-state index is 0.696. The van der Waals surface area contributed by atoms with Crippen molar-refractivity contribution in [3.05, 3.63) is 0 Å². The average Bonchev–Trinajstić information content (AvgIpc) is 2.35. The molecule has 1 rings (SSSR count). The van der Waals surface area contributed by atoms with E-state index in [0.29, 0.717) is 0 Å². The highest BCUT2D eigenvalue weighted by atomic mass is 19.4. The van der Waals surface area contributed by atoms with Crippen LogP contribution >= 0.6 is 0 Å². The largest absolute Gasteiger partial charge is 0.692 e. The van der Waals surface area contributed by atoms with Crippen molar-refractivity contribution in [1.29, 1.82) is 0 Å². The lowest BCUT2D eigenvalue weighted by Gasteiger charge is -2.40. The van der Waals surface area contributed by atoms with E-state index in [1.54, 1.807) is 0 Å². The quantitative estimate of drug-likeness (QED) is 0.313. The van der Waals surface area contributed by atoms with Gasteiger partial charge in [-0.05, 0) is 0 Å². The van der Waals surface area contributed by atoms with E-state index in [9.17, 15) is 38.5 Å². The normalized spacial score (nSPS) is 34.9. The molecule has 5 atom stereocenters.